The molecule has 0 spiro atoms. The lowest BCUT2D eigenvalue weighted by Gasteiger charge is -2.35. The third kappa shape index (κ3) is 5.56. The van der Waals surface area contributed by atoms with Crippen LogP contribution in [0.25, 0.3) is 11.0 Å². The molecule has 5 heterocycles. The molecular formula is C28H28N8O4. The molecule has 0 unspecified atom stereocenters. The van der Waals surface area contributed by atoms with E-state index < -0.39 is 5.97 Å². The lowest BCUT2D eigenvalue weighted by Crippen LogP contribution is -2.46. The molecule has 0 amide bonds. The van der Waals surface area contributed by atoms with Crippen molar-refractivity contribution in [2.45, 2.75) is 32.2 Å². The zero-order chi connectivity index (χ0) is 27.5. The van der Waals surface area contributed by atoms with Crippen molar-refractivity contribution in [2.24, 2.45) is 0 Å². The van der Waals surface area contributed by atoms with Gasteiger partial charge < -0.3 is 24.0 Å². The smallest absolute Gasteiger partial charge is 0.335 e. The molecule has 1 aromatic carbocycles. The number of aromatic nitrogens is 5. The van der Waals surface area contributed by atoms with Crippen molar-refractivity contribution in [3.05, 3.63) is 71.6 Å². The standard InChI is InChI=1S/C28H28N8O4/c29-13-19-14-30-24(31-15-19)18-40-27-3-1-2-25(33-27)35-9-7-34(8-10-35)17-26-32-22-5-4-20(28(37)38)12-23(22)36(26)16-21-6-11-39-21/h1-5,12,14-15,21H,6-11,16-18H2,(H,37,38)/t21-/m0/s1. The highest BCUT2D eigenvalue weighted by Crippen LogP contribution is 2.24. The zero-order valence-electron chi connectivity index (χ0n) is 21.8. The summed E-state index contributed by atoms with van der Waals surface area (Å²) in [6.07, 6.45) is 4.06. The molecule has 1 N–H and O–H groups in total. The first-order chi connectivity index (χ1) is 19.6. The number of carboxylic acids is 1. The van der Waals surface area contributed by atoms with Gasteiger partial charge in [0.15, 0.2) is 5.82 Å². The van der Waals surface area contributed by atoms with E-state index in [9.17, 15) is 9.90 Å². The normalized spacial score (nSPS) is 17.4. The van der Waals surface area contributed by atoms with Crippen molar-refractivity contribution >= 4 is 22.8 Å². The maximum Gasteiger partial charge on any atom is 0.335 e. The van der Waals surface area contributed by atoms with E-state index in [1.165, 1.54) is 12.4 Å². The molecule has 12 heteroatoms. The zero-order valence-corrected chi connectivity index (χ0v) is 21.8. The minimum atomic E-state index is -0.946. The number of rotatable bonds is 9. The van der Waals surface area contributed by atoms with Crippen molar-refractivity contribution < 1.29 is 19.4 Å². The Balaban J connectivity index is 1.10. The maximum atomic E-state index is 11.6. The molecule has 3 aromatic heterocycles. The highest BCUT2D eigenvalue weighted by atomic mass is 16.5. The first-order valence-electron chi connectivity index (χ1n) is 13.2. The lowest BCUT2D eigenvalue weighted by atomic mass is 10.1. The Bertz CT molecular complexity index is 1550. The number of ether oxygens (including phenoxy) is 2. The van der Waals surface area contributed by atoms with Gasteiger partial charge in [-0.3, -0.25) is 4.90 Å². The largest absolute Gasteiger partial charge is 0.478 e. The number of hydrogen-bond acceptors (Lipinski definition) is 10. The maximum absolute atomic E-state index is 11.6. The fraction of sp³-hybridized carbons (Fsp3) is 0.357. The lowest BCUT2D eigenvalue weighted by molar-refractivity contribution is -0.0592. The van der Waals surface area contributed by atoms with Crippen molar-refractivity contribution in [3.8, 4) is 11.9 Å². The Morgan fingerprint density at radius 2 is 1.93 bits per heavy atom. The van der Waals surface area contributed by atoms with Gasteiger partial charge in [-0.1, -0.05) is 6.07 Å². The van der Waals surface area contributed by atoms with E-state index in [2.05, 4.69) is 29.3 Å². The molecule has 2 fully saturated rings. The van der Waals surface area contributed by atoms with Crippen LogP contribution >= 0.6 is 0 Å². The highest BCUT2D eigenvalue weighted by Gasteiger charge is 2.25. The Morgan fingerprint density at radius 3 is 2.62 bits per heavy atom. The van der Waals surface area contributed by atoms with E-state index in [0.29, 0.717) is 30.4 Å². The van der Waals surface area contributed by atoms with Gasteiger partial charge in [-0.2, -0.15) is 10.2 Å². The number of carbonyl (C=O) groups is 1. The van der Waals surface area contributed by atoms with Gasteiger partial charge in [0.1, 0.15) is 24.3 Å². The van der Waals surface area contributed by atoms with Crippen molar-refractivity contribution in [2.75, 3.05) is 37.7 Å². The Morgan fingerprint density at radius 1 is 1.12 bits per heavy atom. The van der Waals surface area contributed by atoms with Crippen LogP contribution in [0, 0.1) is 11.3 Å². The number of nitrogens with zero attached hydrogens (tertiary/aromatic N) is 8. The minimum absolute atomic E-state index is 0.130. The van der Waals surface area contributed by atoms with Crippen LogP contribution in [0.15, 0.2) is 48.8 Å². The summed E-state index contributed by atoms with van der Waals surface area (Å²) in [5.74, 6) is 1.78. The second-order valence-electron chi connectivity index (χ2n) is 9.81. The van der Waals surface area contributed by atoms with Crippen LogP contribution < -0.4 is 9.64 Å². The van der Waals surface area contributed by atoms with E-state index in [-0.39, 0.29) is 18.3 Å². The molecule has 12 nitrogen and oxygen atoms in total. The van der Waals surface area contributed by atoms with E-state index in [4.69, 9.17) is 19.7 Å². The number of hydrogen-bond donors (Lipinski definition) is 1. The summed E-state index contributed by atoms with van der Waals surface area (Å²) in [4.78, 5) is 34.0. The number of nitriles is 1. The average Bonchev–Trinajstić information content (AvgIpc) is 3.30. The first kappa shape index (κ1) is 25.7. The summed E-state index contributed by atoms with van der Waals surface area (Å²) in [7, 11) is 0. The van der Waals surface area contributed by atoms with Crippen molar-refractivity contribution in [1.29, 1.82) is 5.26 Å². The second-order valence-corrected chi connectivity index (χ2v) is 9.81. The molecule has 0 radical (unpaired) electrons. The van der Waals surface area contributed by atoms with Crippen molar-refractivity contribution in [3.63, 3.8) is 0 Å². The highest BCUT2D eigenvalue weighted by molar-refractivity contribution is 5.92. The molecule has 2 saturated heterocycles. The van der Waals surface area contributed by atoms with Crippen LogP contribution in [0.2, 0.25) is 0 Å². The number of benzene rings is 1. The molecule has 40 heavy (non-hydrogen) atoms. The molecule has 1 atom stereocenters. The van der Waals surface area contributed by atoms with Crippen LogP contribution in [0.5, 0.6) is 5.88 Å². The molecule has 6 rings (SSSR count). The molecule has 2 aliphatic heterocycles. The Hall–Kier alpha value is -4.60. The van der Waals surface area contributed by atoms with Gasteiger partial charge in [0.05, 0.1) is 41.4 Å². The summed E-state index contributed by atoms with van der Waals surface area (Å²) in [6.45, 7) is 5.51. The molecule has 0 saturated carbocycles. The second kappa shape index (κ2) is 11.3. The summed E-state index contributed by atoms with van der Waals surface area (Å²) in [5.41, 5.74) is 2.29. The number of pyridine rings is 1. The molecule has 0 aliphatic carbocycles. The van der Waals surface area contributed by atoms with Crippen LogP contribution in [0.1, 0.15) is 34.0 Å². The molecule has 204 valence electrons. The van der Waals surface area contributed by atoms with E-state index in [1.54, 1.807) is 24.3 Å². The van der Waals surface area contributed by atoms with Gasteiger partial charge in [-0.15, -0.1) is 0 Å². The molecular weight excluding hydrogens is 512 g/mol. The van der Waals surface area contributed by atoms with Crippen molar-refractivity contribution in [1.82, 2.24) is 29.4 Å². The Labute approximate surface area is 230 Å². The summed E-state index contributed by atoms with van der Waals surface area (Å²) in [6, 6.07) is 12.8. The third-order valence-electron chi connectivity index (χ3n) is 7.21. The predicted octanol–water partition coefficient (Wildman–Crippen LogP) is 2.48. The van der Waals surface area contributed by atoms with Gasteiger partial charge in [-0.25, -0.2) is 19.7 Å². The first-order valence-corrected chi connectivity index (χ1v) is 13.2. The predicted molar refractivity (Wildman–Crippen MR) is 144 cm³/mol. The van der Waals surface area contributed by atoms with E-state index in [1.807, 2.05) is 18.2 Å². The SMILES string of the molecule is N#Cc1cnc(COc2cccc(N3CCN(Cc4nc5ccc(C(=O)O)cc5n4C[C@@H]4CCO4)CC3)n2)nc1. The number of fused-ring (bicyclic) bond motifs is 1. The van der Waals surface area contributed by atoms with Crippen LogP contribution in [-0.2, 0) is 24.4 Å². The van der Waals surface area contributed by atoms with Crippen LogP contribution in [0.4, 0.5) is 5.82 Å². The molecule has 4 aromatic rings. The topological polar surface area (TPSA) is 143 Å². The third-order valence-corrected chi connectivity index (χ3v) is 7.21. The summed E-state index contributed by atoms with van der Waals surface area (Å²) >= 11 is 0. The number of piperazine rings is 1. The monoisotopic (exact) mass is 540 g/mol. The molecule has 2 aliphatic rings. The van der Waals surface area contributed by atoms with E-state index in [0.717, 1.165) is 61.9 Å². The summed E-state index contributed by atoms with van der Waals surface area (Å²) in [5, 5.41) is 18.4. The van der Waals surface area contributed by atoms with Gasteiger partial charge in [0.2, 0.25) is 5.88 Å². The van der Waals surface area contributed by atoms with Crippen LogP contribution in [0.3, 0.4) is 0 Å². The number of carboxylic acid groups (broad SMARTS) is 1. The minimum Gasteiger partial charge on any atom is -0.478 e. The van der Waals surface area contributed by atoms with Gasteiger partial charge >= 0.3 is 5.97 Å². The van der Waals surface area contributed by atoms with Gasteiger partial charge in [-0.05, 0) is 30.7 Å². The average molecular weight is 541 g/mol. The fourth-order valence-corrected chi connectivity index (χ4v) is 4.88. The number of anilines is 1. The quantitative estimate of drug-likeness (QED) is 0.334. The van der Waals surface area contributed by atoms with E-state index >= 15 is 0 Å². The van der Waals surface area contributed by atoms with Gasteiger partial charge in [0.25, 0.3) is 0 Å². The fourth-order valence-electron chi connectivity index (χ4n) is 4.88. The van der Waals surface area contributed by atoms with Gasteiger partial charge in [0, 0.05) is 51.2 Å². The Kier molecular flexibility index (Phi) is 7.22. The number of imidazole rings is 1. The number of aromatic carboxylic acids is 1. The van der Waals surface area contributed by atoms with Crippen LogP contribution in [-0.4, -0.2) is 79.4 Å². The summed E-state index contributed by atoms with van der Waals surface area (Å²) < 4.78 is 13.6. The molecule has 0 bridgehead atoms.